The molecule has 0 radical (unpaired) electrons. The normalized spacial score (nSPS) is 11.1. The number of halogens is 1. The van der Waals surface area contributed by atoms with Crippen molar-refractivity contribution < 1.29 is 23.1 Å². The van der Waals surface area contributed by atoms with Crippen LogP contribution in [0.3, 0.4) is 0 Å². The zero-order valence-corrected chi connectivity index (χ0v) is 13.9. The van der Waals surface area contributed by atoms with Gasteiger partial charge in [0, 0.05) is 10.5 Å². The number of carboxylic acids is 1. The third-order valence-electron chi connectivity index (χ3n) is 2.47. The van der Waals surface area contributed by atoms with E-state index in [0.717, 1.165) is 0 Å². The first-order valence-corrected chi connectivity index (χ1v) is 8.62. The highest BCUT2D eigenvalue weighted by molar-refractivity contribution is 9.10. The second-order valence-corrected chi connectivity index (χ2v) is 7.72. The summed E-state index contributed by atoms with van der Waals surface area (Å²) >= 11 is 3.93. The van der Waals surface area contributed by atoms with Crippen LogP contribution in [0.4, 0.5) is 5.69 Å². The van der Waals surface area contributed by atoms with Crippen molar-refractivity contribution in [2.75, 3.05) is 11.8 Å². The first-order valence-electron chi connectivity index (χ1n) is 5.53. The zero-order valence-electron chi connectivity index (χ0n) is 10.7. The lowest BCUT2D eigenvalue weighted by molar-refractivity contribution is 0.0702. The van der Waals surface area contributed by atoms with Crippen LogP contribution in [0.2, 0.25) is 0 Å². The molecule has 6 nitrogen and oxygen atoms in total. The molecule has 0 unspecified atom stereocenters. The van der Waals surface area contributed by atoms with Crippen LogP contribution in [0.5, 0.6) is 5.75 Å². The third kappa shape index (κ3) is 3.55. The summed E-state index contributed by atoms with van der Waals surface area (Å²) in [6.07, 6.45) is 0. The molecule has 0 aliphatic rings. The van der Waals surface area contributed by atoms with E-state index in [-0.39, 0.29) is 9.09 Å². The number of ether oxygens (including phenoxy) is 1. The Morgan fingerprint density at radius 1 is 1.33 bits per heavy atom. The number of aromatic carboxylic acids is 1. The number of anilines is 1. The minimum Gasteiger partial charge on any atom is -0.497 e. The Hall–Kier alpha value is -1.58. The van der Waals surface area contributed by atoms with E-state index in [1.807, 2.05) is 0 Å². The van der Waals surface area contributed by atoms with Crippen molar-refractivity contribution in [3.63, 3.8) is 0 Å². The predicted octanol–water partition coefficient (Wildman–Crippen LogP) is 3.02. The van der Waals surface area contributed by atoms with E-state index in [2.05, 4.69) is 20.7 Å². The van der Waals surface area contributed by atoms with Gasteiger partial charge in [-0.25, -0.2) is 13.2 Å². The van der Waals surface area contributed by atoms with Crippen molar-refractivity contribution >= 4 is 48.9 Å². The summed E-state index contributed by atoms with van der Waals surface area (Å²) in [5.41, 5.74) is 0.305. The second-order valence-electron chi connectivity index (χ2n) is 3.88. The SMILES string of the molecule is COc1ccc(Br)c(NS(=O)(=O)c2ccc(C(=O)O)s2)c1. The Morgan fingerprint density at radius 2 is 2.05 bits per heavy atom. The minimum atomic E-state index is -3.85. The Kier molecular flexibility index (Phi) is 4.55. The Bertz CT molecular complexity index is 785. The van der Waals surface area contributed by atoms with E-state index in [1.54, 1.807) is 12.1 Å². The van der Waals surface area contributed by atoms with Gasteiger partial charge < -0.3 is 9.84 Å². The summed E-state index contributed by atoms with van der Waals surface area (Å²) in [7, 11) is -2.38. The molecule has 112 valence electrons. The number of carboxylic acid groups (broad SMARTS) is 1. The smallest absolute Gasteiger partial charge is 0.345 e. The Labute approximate surface area is 133 Å². The van der Waals surface area contributed by atoms with Gasteiger partial charge in [-0.15, -0.1) is 11.3 Å². The van der Waals surface area contributed by atoms with Crippen LogP contribution in [-0.2, 0) is 10.0 Å². The van der Waals surface area contributed by atoms with E-state index in [9.17, 15) is 13.2 Å². The van der Waals surface area contributed by atoms with Gasteiger partial charge in [-0.3, -0.25) is 4.72 Å². The summed E-state index contributed by atoms with van der Waals surface area (Å²) in [6.45, 7) is 0. The molecular weight excluding hydrogens is 382 g/mol. The van der Waals surface area contributed by atoms with E-state index < -0.39 is 16.0 Å². The molecule has 0 bridgehead atoms. The van der Waals surface area contributed by atoms with Crippen molar-refractivity contribution in [3.05, 3.63) is 39.7 Å². The highest BCUT2D eigenvalue weighted by atomic mass is 79.9. The van der Waals surface area contributed by atoms with Gasteiger partial charge in [0.2, 0.25) is 0 Å². The number of sulfonamides is 1. The summed E-state index contributed by atoms with van der Waals surface area (Å²) in [4.78, 5) is 10.8. The standard InChI is InChI=1S/C12H10BrNO5S2/c1-19-7-2-3-8(13)9(6-7)14-21(17,18)11-5-4-10(20-11)12(15)16/h2-6,14H,1H3,(H,15,16). The lowest BCUT2D eigenvalue weighted by Gasteiger charge is -2.09. The quantitative estimate of drug-likeness (QED) is 0.816. The van der Waals surface area contributed by atoms with Gasteiger partial charge in [0.05, 0.1) is 12.8 Å². The molecule has 0 aliphatic carbocycles. The molecule has 0 spiro atoms. The van der Waals surface area contributed by atoms with Crippen molar-refractivity contribution in [2.24, 2.45) is 0 Å². The summed E-state index contributed by atoms with van der Waals surface area (Å²) in [5, 5.41) is 8.84. The molecule has 0 atom stereocenters. The van der Waals surface area contributed by atoms with Gasteiger partial charge in [0.1, 0.15) is 14.8 Å². The minimum absolute atomic E-state index is 0.0416. The van der Waals surface area contributed by atoms with Crippen LogP contribution in [0.15, 0.2) is 39.0 Å². The molecule has 0 saturated heterocycles. The number of benzene rings is 1. The van der Waals surface area contributed by atoms with E-state index in [4.69, 9.17) is 9.84 Å². The maximum absolute atomic E-state index is 12.2. The molecular formula is C12H10BrNO5S2. The monoisotopic (exact) mass is 391 g/mol. The maximum atomic E-state index is 12.2. The maximum Gasteiger partial charge on any atom is 0.345 e. The third-order valence-corrected chi connectivity index (χ3v) is 6.10. The van der Waals surface area contributed by atoms with Gasteiger partial charge >= 0.3 is 5.97 Å². The fourth-order valence-electron chi connectivity index (χ4n) is 1.48. The molecule has 2 aromatic rings. The van der Waals surface area contributed by atoms with Crippen LogP contribution in [0, 0.1) is 0 Å². The number of rotatable bonds is 5. The lowest BCUT2D eigenvalue weighted by Crippen LogP contribution is -2.12. The zero-order chi connectivity index (χ0) is 15.6. The molecule has 9 heteroatoms. The lowest BCUT2D eigenvalue weighted by atomic mass is 10.3. The first kappa shape index (κ1) is 15.8. The van der Waals surface area contributed by atoms with Crippen molar-refractivity contribution in [1.29, 1.82) is 0 Å². The van der Waals surface area contributed by atoms with Gasteiger partial charge in [-0.05, 0) is 40.2 Å². The number of hydrogen-bond acceptors (Lipinski definition) is 5. The summed E-state index contributed by atoms with van der Waals surface area (Å²) in [6, 6.07) is 7.35. The van der Waals surface area contributed by atoms with Crippen LogP contribution in [0.25, 0.3) is 0 Å². The highest BCUT2D eigenvalue weighted by Gasteiger charge is 2.20. The van der Waals surface area contributed by atoms with E-state index >= 15 is 0 Å². The average molecular weight is 392 g/mol. The van der Waals surface area contributed by atoms with E-state index in [0.29, 0.717) is 27.2 Å². The van der Waals surface area contributed by atoms with Crippen LogP contribution < -0.4 is 9.46 Å². The molecule has 1 aromatic carbocycles. The molecule has 0 amide bonds. The number of thiophene rings is 1. The van der Waals surface area contributed by atoms with Crippen molar-refractivity contribution in [3.8, 4) is 5.75 Å². The molecule has 2 N–H and O–H groups in total. The molecule has 2 rings (SSSR count). The van der Waals surface area contributed by atoms with E-state index in [1.165, 1.54) is 25.3 Å². The topological polar surface area (TPSA) is 92.7 Å². The average Bonchev–Trinajstić information content (AvgIpc) is 2.92. The fourth-order valence-corrected chi connectivity index (χ4v) is 4.18. The molecule has 0 fully saturated rings. The molecule has 1 heterocycles. The van der Waals surface area contributed by atoms with Crippen LogP contribution in [-0.4, -0.2) is 26.6 Å². The molecule has 21 heavy (non-hydrogen) atoms. The largest absolute Gasteiger partial charge is 0.497 e. The highest BCUT2D eigenvalue weighted by Crippen LogP contribution is 2.30. The summed E-state index contributed by atoms with van der Waals surface area (Å²) in [5.74, 6) is -0.669. The van der Waals surface area contributed by atoms with Crippen molar-refractivity contribution in [2.45, 2.75) is 4.21 Å². The molecule has 0 aliphatic heterocycles. The van der Waals surface area contributed by atoms with Gasteiger partial charge in [-0.1, -0.05) is 0 Å². The molecule has 0 saturated carbocycles. The number of carbonyl (C=O) groups is 1. The first-order chi connectivity index (χ1) is 9.83. The predicted molar refractivity (Wildman–Crippen MR) is 82.8 cm³/mol. The van der Waals surface area contributed by atoms with Gasteiger partial charge in [0.15, 0.2) is 0 Å². The Balaban J connectivity index is 2.34. The Morgan fingerprint density at radius 3 is 2.62 bits per heavy atom. The molecule has 1 aromatic heterocycles. The number of nitrogens with one attached hydrogen (secondary N) is 1. The van der Waals surface area contributed by atoms with Crippen LogP contribution >= 0.6 is 27.3 Å². The van der Waals surface area contributed by atoms with Gasteiger partial charge in [0.25, 0.3) is 10.0 Å². The van der Waals surface area contributed by atoms with Crippen molar-refractivity contribution in [1.82, 2.24) is 0 Å². The second kappa shape index (κ2) is 6.04. The summed E-state index contributed by atoms with van der Waals surface area (Å²) < 4.78 is 32.4. The number of hydrogen-bond donors (Lipinski definition) is 2. The van der Waals surface area contributed by atoms with Crippen LogP contribution in [0.1, 0.15) is 9.67 Å². The van der Waals surface area contributed by atoms with Gasteiger partial charge in [-0.2, -0.15) is 0 Å². The number of methoxy groups -OCH3 is 1. The fraction of sp³-hybridized carbons (Fsp3) is 0.0833.